The second-order valence-corrected chi connectivity index (χ2v) is 6.40. The topological polar surface area (TPSA) is 77.8 Å². The van der Waals surface area contributed by atoms with Gasteiger partial charge in [0.25, 0.3) is 0 Å². The Kier molecular flexibility index (Phi) is 4.44. The normalized spacial score (nSPS) is 10.8. The zero-order valence-corrected chi connectivity index (χ0v) is 14.2. The molecule has 3 aromatic rings. The van der Waals surface area contributed by atoms with Gasteiger partial charge in [0.1, 0.15) is 5.82 Å². The van der Waals surface area contributed by atoms with Crippen molar-refractivity contribution in [2.45, 2.75) is 17.8 Å². The number of aromatic nitrogens is 3. The zero-order chi connectivity index (χ0) is 15.5. The molecule has 2 heterocycles. The lowest BCUT2D eigenvalue weighted by Gasteiger charge is -2.01. The zero-order valence-electron chi connectivity index (χ0n) is 11.8. The minimum Gasteiger partial charge on any atom is -0.440 e. The predicted molar refractivity (Wildman–Crippen MR) is 90.4 cm³/mol. The van der Waals surface area contributed by atoms with Crippen molar-refractivity contribution in [2.24, 2.45) is 0 Å². The van der Waals surface area contributed by atoms with Gasteiger partial charge < -0.3 is 10.2 Å². The highest BCUT2D eigenvalue weighted by Gasteiger charge is 2.10. The maximum Gasteiger partial charge on any atom is 0.205 e. The van der Waals surface area contributed by atoms with E-state index in [9.17, 15) is 0 Å². The van der Waals surface area contributed by atoms with Crippen LogP contribution in [0.1, 0.15) is 11.6 Å². The highest BCUT2D eigenvalue weighted by atomic mass is 79.9. The summed E-state index contributed by atoms with van der Waals surface area (Å²) in [6, 6.07) is 9.60. The molecule has 3 rings (SSSR count). The number of anilines is 1. The molecule has 0 spiro atoms. The second kappa shape index (κ2) is 6.50. The lowest BCUT2D eigenvalue weighted by atomic mass is 10.2. The summed E-state index contributed by atoms with van der Waals surface area (Å²) < 4.78 is 6.76. The molecule has 0 aliphatic carbocycles. The Bertz CT molecular complexity index is 785. The van der Waals surface area contributed by atoms with E-state index in [1.807, 2.05) is 31.2 Å². The molecule has 0 aliphatic heterocycles. The molecule has 7 heteroatoms. The van der Waals surface area contributed by atoms with Gasteiger partial charge in [0.05, 0.1) is 11.9 Å². The van der Waals surface area contributed by atoms with Crippen molar-refractivity contribution in [1.82, 2.24) is 15.0 Å². The van der Waals surface area contributed by atoms with Gasteiger partial charge >= 0.3 is 0 Å². The molecule has 112 valence electrons. The Labute approximate surface area is 140 Å². The van der Waals surface area contributed by atoms with E-state index in [0.29, 0.717) is 22.6 Å². The first-order valence-electron chi connectivity index (χ1n) is 6.55. The average molecular weight is 377 g/mol. The fourth-order valence-corrected chi connectivity index (χ4v) is 3.16. The average Bonchev–Trinajstić information content (AvgIpc) is 2.93. The number of rotatable bonds is 4. The minimum absolute atomic E-state index is 0.469. The van der Waals surface area contributed by atoms with E-state index >= 15 is 0 Å². The molecule has 0 unspecified atom stereocenters. The summed E-state index contributed by atoms with van der Waals surface area (Å²) in [5.41, 5.74) is 7.53. The molecule has 5 nitrogen and oxygen atoms in total. The Morgan fingerprint density at radius 1 is 1.27 bits per heavy atom. The number of nitrogen functional groups attached to an aromatic ring is 1. The number of hydrogen-bond donors (Lipinski definition) is 1. The monoisotopic (exact) mass is 376 g/mol. The van der Waals surface area contributed by atoms with E-state index in [1.165, 1.54) is 11.8 Å². The third-order valence-electron chi connectivity index (χ3n) is 2.87. The van der Waals surface area contributed by atoms with Crippen molar-refractivity contribution in [3.05, 3.63) is 52.6 Å². The van der Waals surface area contributed by atoms with Gasteiger partial charge in [-0.2, -0.15) is 0 Å². The van der Waals surface area contributed by atoms with E-state index in [1.54, 1.807) is 12.3 Å². The fraction of sp³-hybridized carbons (Fsp3) is 0.133. The van der Waals surface area contributed by atoms with Gasteiger partial charge in [0.2, 0.25) is 5.89 Å². The number of benzene rings is 1. The molecule has 0 bridgehead atoms. The summed E-state index contributed by atoms with van der Waals surface area (Å²) in [5.74, 6) is 2.37. The Balaban J connectivity index is 1.73. The van der Waals surface area contributed by atoms with E-state index in [0.717, 1.165) is 21.5 Å². The highest BCUT2D eigenvalue weighted by Crippen LogP contribution is 2.29. The van der Waals surface area contributed by atoms with Crippen LogP contribution in [0, 0.1) is 6.92 Å². The van der Waals surface area contributed by atoms with E-state index < -0.39 is 0 Å². The van der Waals surface area contributed by atoms with Crippen LogP contribution in [0.4, 0.5) is 5.82 Å². The molecule has 2 aromatic heterocycles. The molecule has 0 amide bonds. The first kappa shape index (κ1) is 15.1. The van der Waals surface area contributed by atoms with Crippen LogP contribution >= 0.6 is 27.7 Å². The fourth-order valence-electron chi connectivity index (χ4n) is 1.92. The summed E-state index contributed by atoms with van der Waals surface area (Å²) in [5, 5.41) is 0.623. The molecule has 0 atom stereocenters. The van der Waals surface area contributed by atoms with Crippen LogP contribution < -0.4 is 5.73 Å². The van der Waals surface area contributed by atoms with Gasteiger partial charge in [0, 0.05) is 21.8 Å². The molecule has 0 aliphatic rings. The third kappa shape index (κ3) is 3.48. The molecule has 0 saturated heterocycles. The van der Waals surface area contributed by atoms with Crippen LogP contribution in [-0.2, 0) is 5.75 Å². The first-order valence-corrected chi connectivity index (χ1v) is 8.33. The number of oxazole rings is 1. The maximum atomic E-state index is 5.78. The van der Waals surface area contributed by atoms with Crippen molar-refractivity contribution in [3.8, 4) is 11.3 Å². The quantitative estimate of drug-likeness (QED) is 0.545. The molecule has 0 fully saturated rings. The number of nitrogens with two attached hydrogens (primary N) is 1. The summed E-state index contributed by atoms with van der Waals surface area (Å²) in [6.45, 7) is 1.89. The molecule has 1 aromatic carbocycles. The SMILES string of the molecule is Cc1cc(N)nc(SCc2ncc(-c3ccccc3Br)o2)n1. The van der Waals surface area contributed by atoms with E-state index in [4.69, 9.17) is 10.2 Å². The van der Waals surface area contributed by atoms with Crippen molar-refractivity contribution in [3.63, 3.8) is 0 Å². The van der Waals surface area contributed by atoms with Crippen molar-refractivity contribution in [2.75, 3.05) is 5.73 Å². The van der Waals surface area contributed by atoms with Gasteiger partial charge in [-0.15, -0.1) is 0 Å². The van der Waals surface area contributed by atoms with Gasteiger partial charge in [-0.3, -0.25) is 0 Å². The maximum absolute atomic E-state index is 5.78. The van der Waals surface area contributed by atoms with Crippen LogP contribution in [-0.4, -0.2) is 15.0 Å². The van der Waals surface area contributed by atoms with Crippen molar-refractivity contribution >= 4 is 33.5 Å². The van der Waals surface area contributed by atoms with Gasteiger partial charge in [-0.05, 0) is 13.0 Å². The predicted octanol–water partition coefficient (Wildman–Crippen LogP) is 4.08. The number of hydrogen-bond acceptors (Lipinski definition) is 6. The number of aryl methyl sites for hydroxylation is 1. The lowest BCUT2D eigenvalue weighted by molar-refractivity contribution is 0.529. The summed E-state index contributed by atoms with van der Waals surface area (Å²) >= 11 is 4.95. The second-order valence-electron chi connectivity index (χ2n) is 4.60. The largest absolute Gasteiger partial charge is 0.440 e. The molecule has 0 radical (unpaired) electrons. The van der Waals surface area contributed by atoms with Crippen LogP contribution in [0.3, 0.4) is 0 Å². The van der Waals surface area contributed by atoms with Gasteiger partial charge in [-0.1, -0.05) is 45.9 Å². The number of nitrogens with zero attached hydrogens (tertiary/aromatic N) is 3. The highest BCUT2D eigenvalue weighted by molar-refractivity contribution is 9.10. The minimum atomic E-state index is 0.469. The summed E-state index contributed by atoms with van der Waals surface area (Å²) in [4.78, 5) is 12.8. The standard InChI is InChI=1S/C15H13BrN4OS/c1-9-6-13(17)20-15(19-9)22-8-14-18-7-12(21-14)10-4-2-3-5-11(10)16/h2-7H,8H2,1H3,(H2,17,19,20). The van der Waals surface area contributed by atoms with Crippen LogP contribution in [0.15, 0.2) is 50.6 Å². The molecule has 0 saturated carbocycles. The molecule has 2 N–H and O–H groups in total. The molecular formula is C15H13BrN4OS. The van der Waals surface area contributed by atoms with Crippen LogP contribution in [0.25, 0.3) is 11.3 Å². The van der Waals surface area contributed by atoms with Gasteiger partial charge in [-0.25, -0.2) is 15.0 Å². The van der Waals surface area contributed by atoms with Crippen molar-refractivity contribution in [1.29, 1.82) is 0 Å². The van der Waals surface area contributed by atoms with Crippen LogP contribution in [0.2, 0.25) is 0 Å². The Morgan fingerprint density at radius 3 is 2.86 bits per heavy atom. The summed E-state index contributed by atoms with van der Waals surface area (Å²) in [7, 11) is 0. The Morgan fingerprint density at radius 2 is 2.09 bits per heavy atom. The number of halogens is 1. The van der Waals surface area contributed by atoms with Crippen LogP contribution in [0.5, 0.6) is 0 Å². The van der Waals surface area contributed by atoms with Crippen molar-refractivity contribution < 1.29 is 4.42 Å². The Hall–Kier alpha value is -1.86. The molecular weight excluding hydrogens is 364 g/mol. The molecule has 22 heavy (non-hydrogen) atoms. The lowest BCUT2D eigenvalue weighted by Crippen LogP contribution is -1.96. The third-order valence-corrected chi connectivity index (χ3v) is 4.39. The number of thioether (sulfide) groups is 1. The first-order chi connectivity index (χ1) is 10.6. The smallest absolute Gasteiger partial charge is 0.205 e. The van der Waals surface area contributed by atoms with E-state index in [2.05, 4.69) is 30.9 Å². The van der Waals surface area contributed by atoms with Gasteiger partial charge in [0.15, 0.2) is 10.9 Å². The summed E-state index contributed by atoms with van der Waals surface area (Å²) in [6.07, 6.45) is 1.72. The van der Waals surface area contributed by atoms with E-state index in [-0.39, 0.29) is 0 Å².